The van der Waals surface area contributed by atoms with Gasteiger partial charge < -0.3 is 9.73 Å². The first kappa shape index (κ1) is 18.0. The van der Waals surface area contributed by atoms with Gasteiger partial charge in [-0.1, -0.05) is 44.2 Å². The summed E-state index contributed by atoms with van der Waals surface area (Å²) >= 11 is 0. The van der Waals surface area contributed by atoms with Crippen LogP contribution in [0, 0.1) is 13.8 Å². The first-order valence-corrected chi connectivity index (χ1v) is 9.40. The number of carbonyl (C=O) groups excluding carboxylic acids is 1. The number of carbonyl (C=O) groups is 1. The number of amides is 1. The van der Waals surface area contributed by atoms with Gasteiger partial charge in [-0.25, -0.2) is 4.68 Å². The number of hydrogen-bond donors (Lipinski definition) is 1. The zero-order chi connectivity index (χ0) is 19.8. The Hall–Kier alpha value is -3.34. The summed E-state index contributed by atoms with van der Waals surface area (Å²) < 4.78 is 7.57. The van der Waals surface area contributed by atoms with Gasteiger partial charge in [0.1, 0.15) is 5.58 Å². The molecule has 4 aromatic rings. The minimum absolute atomic E-state index is 0.298. The highest BCUT2D eigenvalue weighted by Gasteiger charge is 2.19. The number of para-hydroxylation sites is 1. The molecule has 2 aromatic heterocycles. The van der Waals surface area contributed by atoms with E-state index in [1.165, 1.54) is 5.56 Å². The molecule has 1 N–H and O–H groups in total. The molecule has 2 heterocycles. The summed E-state index contributed by atoms with van der Waals surface area (Å²) in [5.74, 6) is 0.994. The average molecular weight is 373 g/mol. The van der Waals surface area contributed by atoms with E-state index in [9.17, 15) is 4.79 Å². The van der Waals surface area contributed by atoms with E-state index >= 15 is 0 Å². The van der Waals surface area contributed by atoms with Gasteiger partial charge in [0.2, 0.25) is 0 Å². The van der Waals surface area contributed by atoms with E-state index in [4.69, 9.17) is 4.42 Å². The second-order valence-corrected chi connectivity index (χ2v) is 7.34. The molecule has 0 saturated carbocycles. The minimum atomic E-state index is -0.298. The number of rotatable bonds is 4. The number of nitrogens with zero attached hydrogens (tertiary/aromatic N) is 2. The predicted molar refractivity (Wildman–Crippen MR) is 111 cm³/mol. The Morgan fingerprint density at radius 2 is 1.79 bits per heavy atom. The van der Waals surface area contributed by atoms with Crippen molar-refractivity contribution in [3.8, 4) is 5.69 Å². The number of anilines is 1. The van der Waals surface area contributed by atoms with Crippen molar-refractivity contribution in [1.82, 2.24) is 9.78 Å². The van der Waals surface area contributed by atoms with E-state index in [1.54, 1.807) is 0 Å². The van der Waals surface area contributed by atoms with Crippen molar-refractivity contribution in [2.75, 3.05) is 5.32 Å². The molecule has 0 aliphatic rings. The van der Waals surface area contributed by atoms with Crippen LogP contribution in [-0.2, 0) is 0 Å². The third kappa shape index (κ3) is 3.20. The van der Waals surface area contributed by atoms with Gasteiger partial charge >= 0.3 is 0 Å². The maximum Gasteiger partial charge on any atom is 0.292 e. The van der Waals surface area contributed by atoms with Crippen LogP contribution in [0.1, 0.15) is 47.1 Å². The molecule has 2 aromatic carbocycles. The highest BCUT2D eigenvalue weighted by molar-refractivity contribution is 6.06. The monoisotopic (exact) mass is 373 g/mol. The SMILES string of the molecule is Cc1c(C(=O)Nc2cc(C)n(-c3ccc(C(C)C)cc3)n2)oc2ccccc12. The zero-order valence-corrected chi connectivity index (χ0v) is 16.5. The van der Waals surface area contributed by atoms with Crippen LogP contribution in [0.4, 0.5) is 5.82 Å². The lowest BCUT2D eigenvalue weighted by molar-refractivity contribution is 0.0997. The summed E-state index contributed by atoms with van der Waals surface area (Å²) in [6.07, 6.45) is 0. The molecular weight excluding hydrogens is 350 g/mol. The summed E-state index contributed by atoms with van der Waals surface area (Å²) in [6, 6.07) is 17.8. The second-order valence-electron chi connectivity index (χ2n) is 7.34. The lowest BCUT2D eigenvalue weighted by atomic mass is 10.0. The highest BCUT2D eigenvalue weighted by atomic mass is 16.3. The number of hydrogen-bond acceptors (Lipinski definition) is 3. The van der Waals surface area contributed by atoms with Gasteiger partial charge in [0.05, 0.1) is 5.69 Å². The van der Waals surface area contributed by atoms with Crippen LogP contribution in [0.5, 0.6) is 0 Å². The topological polar surface area (TPSA) is 60.1 Å². The molecule has 0 aliphatic carbocycles. The van der Waals surface area contributed by atoms with Crippen molar-refractivity contribution in [3.05, 3.63) is 77.2 Å². The molecular formula is C23H23N3O2. The Bertz CT molecular complexity index is 1150. The third-order valence-corrected chi connectivity index (χ3v) is 4.98. The standard InChI is InChI=1S/C23H23N3O2/c1-14(2)17-9-11-18(12-10-17)26-15(3)13-21(25-26)24-23(27)22-16(4)19-7-5-6-8-20(19)28-22/h5-14H,1-4H3,(H,24,25,27). The quantitative estimate of drug-likeness (QED) is 0.506. The van der Waals surface area contributed by atoms with Gasteiger partial charge in [-0.15, -0.1) is 5.10 Å². The number of fused-ring (bicyclic) bond motifs is 1. The fourth-order valence-electron chi connectivity index (χ4n) is 3.36. The number of aryl methyl sites for hydroxylation is 2. The molecule has 0 bridgehead atoms. The van der Waals surface area contributed by atoms with E-state index in [2.05, 4.69) is 36.4 Å². The molecule has 0 radical (unpaired) electrons. The molecule has 4 rings (SSSR count). The van der Waals surface area contributed by atoms with Crippen LogP contribution < -0.4 is 5.32 Å². The predicted octanol–water partition coefficient (Wildman–Crippen LogP) is 5.61. The first-order chi connectivity index (χ1) is 13.4. The molecule has 5 heteroatoms. The van der Waals surface area contributed by atoms with Crippen molar-refractivity contribution >= 4 is 22.7 Å². The first-order valence-electron chi connectivity index (χ1n) is 9.40. The molecule has 28 heavy (non-hydrogen) atoms. The van der Waals surface area contributed by atoms with Crippen LogP contribution in [0.2, 0.25) is 0 Å². The van der Waals surface area contributed by atoms with Gasteiger partial charge in [-0.3, -0.25) is 4.79 Å². The minimum Gasteiger partial charge on any atom is -0.451 e. The third-order valence-electron chi connectivity index (χ3n) is 4.98. The van der Waals surface area contributed by atoms with E-state index < -0.39 is 0 Å². The average Bonchev–Trinajstić information content (AvgIpc) is 3.22. The summed E-state index contributed by atoms with van der Waals surface area (Å²) in [5.41, 5.74) is 4.71. The van der Waals surface area contributed by atoms with Gasteiger partial charge in [-0.05, 0) is 43.5 Å². The van der Waals surface area contributed by atoms with Crippen molar-refractivity contribution in [3.63, 3.8) is 0 Å². The van der Waals surface area contributed by atoms with Crippen LogP contribution in [0.3, 0.4) is 0 Å². The Kier molecular flexibility index (Phi) is 4.51. The highest BCUT2D eigenvalue weighted by Crippen LogP contribution is 2.26. The van der Waals surface area contributed by atoms with Gasteiger partial charge in [0.25, 0.3) is 5.91 Å². The molecule has 1 amide bonds. The fraction of sp³-hybridized carbons (Fsp3) is 0.217. The molecule has 0 unspecified atom stereocenters. The molecule has 0 fully saturated rings. The largest absolute Gasteiger partial charge is 0.451 e. The summed E-state index contributed by atoms with van der Waals surface area (Å²) in [6.45, 7) is 8.19. The summed E-state index contributed by atoms with van der Waals surface area (Å²) in [5, 5.41) is 8.35. The Balaban J connectivity index is 1.59. The number of benzene rings is 2. The van der Waals surface area contributed by atoms with Gasteiger partial charge in [0.15, 0.2) is 11.6 Å². The van der Waals surface area contributed by atoms with Crippen LogP contribution in [-0.4, -0.2) is 15.7 Å². The van der Waals surface area contributed by atoms with E-state index in [0.29, 0.717) is 23.1 Å². The Labute approximate surface area is 164 Å². The normalized spacial score (nSPS) is 11.3. The second kappa shape index (κ2) is 7.00. The summed E-state index contributed by atoms with van der Waals surface area (Å²) in [7, 11) is 0. The molecule has 0 spiro atoms. The zero-order valence-electron chi connectivity index (χ0n) is 16.5. The maximum absolute atomic E-state index is 12.7. The summed E-state index contributed by atoms with van der Waals surface area (Å²) in [4.78, 5) is 12.7. The number of nitrogens with one attached hydrogen (secondary N) is 1. The number of furan rings is 1. The molecule has 142 valence electrons. The van der Waals surface area contributed by atoms with Gasteiger partial charge in [0, 0.05) is 22.7 Å². The molecule has 0 saturated heterocycles. The van der Waals surface area contributed by atoms with Gasteiger partial charge in [-0.2, -0.15) is 0 Å². The van der Waals surface area contributed by atoms with Crippen LogP contribution in [0.15, 0.2) is 59.0 Å². The van der Waals surface area contributed by atoms with Crippen LogP contribution >= 0.6 is 0 Å². The molecule has 0 aliphatic heterocycles. The van der Waals surface area contributed by atoms with Crippen molar-refractivity contribution in [2.24, 2.45) is 0 Å². The lowest BCUT2D eigenvalue weighted by Crippen LogP contribution is -2.13. The van der Waals surface area contributed by atoms with Crippen molar-refractivity contribution < 1.29 is 9.21 Å². The maximum atomic E-state index is 12.7. The van der Waals surface area contributed by atoms with E-state index in [0.717, 1.165) is 22.3 Å². The Morgan fingerprint density at radius 3 is 2.46 bits per heavy atom. The van der Waals surface area contributed by atoms with Crippen molar-refractivity contribution in [1.29, 1.82) is 0 Å². The van der Waals surface area contributed by atoms with Crippen molar-refractivity contribution in [2.45, 2.75) is 33.6 Å². The fourth-order valence-corrected chi connectivity index (χ4v) is 3.36. The lowest BCUT2D eigenvalue weighted by Gasteiger charge is -2.08. The van der Waals surface area contributed by atoms with Crippen LogP contribution in [0.25, 0.3) is 16.7 Å². The molecule has 0 atom stereocenters. The smallest absolute Gasteiger partial charge is 0.292 e. The molecule has 5 nitrogen and oxygen atoms in total. The van der Waals surface area contributed by atoms with E-state index in [-0.39, 0.29) is 5.91 Å². The van der Waals surface area contributed by atoms with E-state index in [1.807, 2.05) is 61.0 Å². The number of aromatic nitrogens is 2. The Morgan fingerprint density at radius 1 is 1.07 bits per heavy atom.